The van der Waals surface area contributed by atoms with Crippen LogP contribution in [0.4, 0.5) is 0 Å². The molecule has 2 N–H and O–H groups in total. The molecule has 0 saturated heterocycles. The Balaban J connectivity index is 3.01. The standard InChI is InChI=1S/C13H16ClNO4S/c1-10(9-19-2)15-20(17,18)13-6-5-11(4-3-7-16)8-12(13)14/h5-6,8,10,15-16H,7,9H2,1-2H3. The molecule has 7 heteroatoms. The number of nitrogens with one attached hydrogen (secondary N) is 1. The van der Waals surface area contributed by atoms with Crippen LogP contribution in [0.25, 0.3) is 0 Å². The van der Waals surface area contributed by atoms with Crippen LogP contribution in [0.5, 0.6) is 0 Å². The third-order valence-corrected chi connectivity index (χ3v) is 4.38. The molecule has 0 saturated carbocycles. The van der Waals surface area contributed by atoms with Crippen LogP contribution < -0.4 is 4.72 Å². The van der Waals surface area contributed by atoms with E-state index in [4.69, 9.17) is 21.4 Å². The van der Waals surface area contributed by atoms with Crippen LogP contribution in [-0.2, 0) is 14.8 Å². The van der Waals surface area contributed by atoms with Crippen LogP contribution in [0.2, 0.25) is 5.02 Å². The van der Waals surface area contributed by atoms with Crippen LogP contribution in [0.3, 0.4) is 0 Å². The third kappa shape index (κ3) is 4.78. The molecule has 1 atom stereocenters. The van der Waals surface area contributed by atoms with E-state index in [9.17, 15) is 8.42 Å². The van der Waals surface area contributed by atoms with E-state index in [1.807, 2.05) is 0 Å². The lowest BCUT2D eigenvalue weighted by Gasteiger charge is -2.14. The molecule has 5 nitrogen and oxygen atoms in total. The molecule has 20 heavy (non-hydrogen) atoms. The topological polar surface area (TPSA) is 75.6 Å². The number of methoxy groups -OCH3 is 1. The number of ether oxygens (including phenoxy) is 1. The Hall–Kier alpha value is -1.10. The summed E-state index contributed by atoms with van der Waals surface area (Å²) in [4.78, 5) is -0.0170. The molecule has 0 aliphatic heterocycles. The first-order valence-electron chi connectivity index (χ1n) is 5.81. The summed E-state index contributed by atoms with van der Waals surface area (Å²) in [6.45, 7) is 1.68. The third-order valence-electron chi connectivity index (χ3n) is 2.31. The van der Waals surface area contributed by atoms with E-state index in [1.165, 1.54) is 25.3 Å². The van der Waals surface area contributed by atoms with Gasteiger partial charge in [0, 0.05) is 18.7 Å². The van der Waals surface area contributed by atoms with E-state index in [2.05, 4.69) is 16.6 Å². The van der Waals surface area contributed by atoms with Crippen molar-refractivity contribution in [1.82, 2.24) is 4.72 Å². The average molecular weight is 318 g/mol. The van der Waals surface area contributed by atoms with Crippen molar-refractivity contribution < 1.29 is 18.3 Å². The highest BCUT2D eigenvalue weighted by Crippen LogP contribution is 2.22. The lowest BCUT2D eigenvalue weighted by Crippen LogP contribution is -2.35. The first-order chi connectivity index (χ1) is 9.40. The van der Waals surface area contributed by atoms with Crippen LogP contribution in [0.1, 0.15) is 12.5 Å². The van der Waals surface area contributed by atoms with Gasteiger partial charge in [-0.1, -0.05) is 23.4 Å². The first kappa shape index (κ1) is 17.0. The molecule has 0 amide bonds. The summed E-state index contributed by atoms with van der Waals surface area (Å²) in [6.07, 6.45) is 0. The smallest absolute Gasteiger partial charge is 0.242 e. The quantitative estimate of drug-likeness (QED) is 0.794. The van der Waals surface area contributed by atoms with Gasteiger partial charge in [0.2, 0.25) is 10.0 Å². The molecule has 0 bridgehead atoms. The van der Waals surface area contributed by atoms with Crippen LogP contribution >= 0.6 is 11.6 Å². The normalized spacial score (nSPS) is 12.6. The summed E-state index contributed by atoms with van der Waals surface area (Å²) in [5.41, 5.74) is 0.535. The van der Waals surface area contributed by atoms with Gasteiger partial charge in [0.15, 0.2) is 0 Å². The molecule has 0 aliphatic rings. The largest absolute Gasteiger partial charge is 0.384 e. The summed E-state index contributed by atoms with van der Waals surface area (Å²) in [5.74, 6) is 5.12. The van der Waals surface area contributed by atoms with E-state index >= 15 is 0 Å². The van der Waals surface area contributed by atoms with Crippen molar-refractivity contribution in [2.45, 2.75) is 17.9 Å². The molecule has 110 valence electrons. The summed E-state index contributed by atoms with van der Waals surface area (Å²) >= 11 is 5.97. The molecule has 1 aromatic carbocycles. The average Bonchev–Trinajstić information content (AvgIpc) is 2.35. The van der Waals surface area contributed by atoms with Gasteiger partial charge < -0.3 is 9.84 Å². The maximum atomic E-state index is 12.1. The van der Waals surface area contributed by atoms with Crippen LogP contribution in [0, 0.1) is 11.8 Å². The monoisotopic (exact) mass is 317 g/mol. The lowest BCUT2D eigenvalue weighted by atomic mass is 10.2. The van der Waals surface area contributed by atoms with E-state index < -0.39 is 10.0 Å². The maximum absolute atomic E-state index is 12.1. The van der Waals surface area contributed by atoms with Gasteiger partial charge in [-0.2, -0.15) is 0 Å². The predicted octanol–water partition coefficient (Wildman–Crippen LogP) is 0.997. The molecule has 0 fully saturated rings. The Labute approximate surface area is 124 Å². The first-order valence-corrected chi connectivity index (χ1v) is 7.67. The summed E-state index contributed by atoms with van der Waals surface area (Å²) in [5, 5.41) is 8.68. The van der Waals surface area contributed by atoms with Gasteiger partial charge in [0.05, 0.1) is 11.6 Å². The molecule has 1 rings (SSSR count). The van der Waals surface area contributed by atoms with Gasteiger partial charge in [-0.25, -0.2) is 13.1 Å². The zero-order valence-corrected chi connectivity index (χ0v) is 12.8. The van der Waals surface area contributed by atoms with E-state index in [1.54, 1.807) is 6.92 Å². The Morgan fingerprint density at radius 2 is 2.20 bits per heavy atom. The van der Waals surface area contributed by atoms with Crippen molar-refractivity contribution in [1.29, 1.82) is 0 Å². The Bertz CT molecular complexity index is 619. The Morgan fingerprint density at radius 3 is 2.75 bits per heavy atom. The fourth-order valence-corrected chi connectivity index (χ4v) is 3.32. The van der Waals surface area contributed by atoms with E-state index in [0.717, 1.165) is 0 Å². The van der Waals surface area contributed by atoms with Gasteiger partial charge >= 0.3 is 0 Å². The molecule has 0 spiro atoms. The van der Waals surface area contributed by atoms with Gasteiger partial charge in [-0.15, -0.1) is 0 Å². The number of aliphatic hydroxyl groups is 1. The van der Waals surface area contributed by atoms with E-state index in [-0.39, 0.29) is 29.2 Å². The number of hydrogen-bond acceptors (Lipinski definition) is 4. The number of halogens is 1. The number of rotatable bonds is 5. The summed E-state index contributed by atoms with van der Waals surface area (Å²) in [7, 11) is -2.22. The zero-order chi connectivity index (χ0) is 15.2. The summed E-state index contributed by atoms with van der Waals surface area (Å²) in [6, 6.07) is 3.99. The van der Waals surface area contributed by atoms with Crippen molar-refractivity contribution >= 4 is 21.6 Å². The minimum atomic E-state index is -3.71. The number of aliphatic hydroxyl groups excluding tert-OH is 1. The Morgan fingerprint density at radius 1 is 1.50 bits per heavy atom. The van der Waals surface area contributed by atoms with Crippen LogP contribution in [0.15, 0.2) is 23.1 Å². The number of sulfonamides is 1. The molecular formula is C13H16ClNO4S. The van der Waals surface area contributed by atoms with Crippen molar-refractivity contribution in [3.8, 4) is 11.8 Å². The fraction of sp³-hybridized carbons (Fsp3) is 0.385. The number of hydrogen-bond donors (Lipinski definition) is 2. The van der Waals surface area contributed by atoms with E-state index in [0.29, 0.717) is 5.56 Å². The minimum absolute atomic E-state index is 0.0170. The highest BCUT2D eigenvalue weighted by molar-refractivity contribution is 7.89. The highest BCUT2D eigenvalue weighted by Gasteiger charge is 2.20. The maximum Gasteiger partial charge on any atom is 0.242 e. The molecule has 0 heterocycles. The van der Waals surface area contributed by atoms with Gasteiger partial charge in [-0.3, -0.25) is 0 Å². The van der Waals surface area contributed by atoms with Crippen molar-refractivity contribution in [2.75, 3.05) is 20.3 Å². The second-order valence-corrected chi connectivity index (χ2v) is 6.17. The molecule has 0 aromatic heterocycles. The predicted molar refractivity (Wildman–Crippen MR) is 77.1 cm³/mol. The highest BCUT2D eigenvalue weighted by atomic mass is 35.5. The van der Waals surface area contributed by atoms with Crippen molar-refractivity contribution in [2.24, 2.45) is 0 Å². The lowest BCUT2D eigenvalue weighted by molar-refractivity contribution is 0.180. The molecule has 0 radical (unpaired) electrons. The van der Waals surface area contributed by atoms with Gasteiger partial charge in [-0.05, 0) is 25.1 Å². The second-order valence-electron chi connectivity index (χ2n) is 4.08. The molecular weight excluding hydrogens is 302 g/mol. The molecule has 1 aromatic rings. The van der Waals surface area contributed by atoms with Crippen molar-refractivity contribution in [3.05, 3.63) is 28.8 Å². The zero-order valence-electron chi connectivity index (χ0n) is 11.2. The molecule has 0 aliphatic carbocycles. The van der Waals surface area contributed by atoms with Gasteiger partial charge in [0.1, 0.15) is 11.5 Å². The summed E-state index contributed by atoms with van der Waals surface area (Å²) < 4.78 is 31.6. The Kier molecular flexibility index (Phi) is 6.46. The second kappa shape index (κ2) is 7.62. The number of benzene rings is 1. The minimum Gasteiger partial charge on any atom is -0.384 e. The fourth-order valence-electron chi connectivity index (χ4n) is 1.55. The SMILES string of the molecule is COCC(C)NS(=O)(=O)c1ccc(C#CCO)cc1Cl. The van der Waals surface area contributed by atoms with Gasteiger partial charge in [0.25, 0.3) is 0 Å². The molecule has 1 unspecified atom stereocenters. The van der Waals surface area contributed by atoms with Crippen molar-refractivity contribution in [3.63, 3.8) is 0 Å². The van der Waals surface area contributed by atoms with Crippen LogP contribution in [-0.4, -0.2) is 39.9 Å².